The van der Waals surface area contributed by atoms with Crippen molar-refractivity contribution in [2.75, 3.05) is 20.2 Å². The number of aromatic nitrogens is 3. The molecule has 2 rings (SSSR count). The number of aliphatic imine (C=N–C) groups is 1. The van der Waals surface area contributed by atoms with Gasteiger partial charge in [0, 0.05) is 20.1 Å². The number of benzene rings is 1. The van der Waals surface area contributed by atoms with Crippen molar-refractivity contribution in [3.8, 4) is 5.75 Å². The molecule has 1 unspecified atom stereocenters. The Hall–Kier alpha value is -2.57. The number of hydrogen-bond acceptors (Lipinski definition) is 4. The van der Waals surface area contributed by atoms with Crippen molar-refractivity contribution in [3.63, 3.8) is 0 Å². The lowest BCUT2D eigenvalue weighted by atomic mass is 9.98. The topological polar surface area (TPSA) is 76.4 Å². The summed E-state index contributed by atoms with van der Waals surface area (Å²) in [6, 6.07) is 8.26. The van der Waals surface area contributed by atoms with Gasteiger partial charge in [0.1, 0.15) is 24.4 Å². The van der Waals surface area contributed by atoms with E-state index in [0.717, 1.165) is 37.0 Å². The number of aryl methyl sites for hydroxylation is 1. The van der Waals surface area contributed by atoms with E-state index in [9.17, 15) is 0 Å². The monoisotopic (exact) mass is 344 g/mol. The van der Waals surface area contributed by atoms with E-state index < -0.39 is 0 Å². The highest BCUT2D eigenvalue weighted by atomic mass is 16.5. The van der Waals surface area contributed by atoms with Crippen LogP contribution in [-0.2, 0) is 13.6 Å². The lowest BCUT2D eigenvalue weighted by Gasteiger charge is -2.15. The van der Waals surface area contributed by atoms with Crippen molar-refractivity contribution in [1.82, 2.24) is 25.4 Å². The molecule has 0 radical (unpaired) electrons. The molecule has 0 amide bonds. The highest BCUT2D eigenvalue weighted by Gasteiger charge is 2.07. The fourth-order valence-electron chi connectivity index (χ4n) is 2.46. The summed E-state index contributed by atoms with van der Waals surface area (Å²) in [5, 5.41) is 10.7. The Labute approximate surface area is 149 Å². The number of nitrogens with one attached hydrogen (secondary N) is 2. The van der Waals surface area contributed by atoms with Crippen LogP contribution in [0.3, 0.4) is 0 Å². The molecule has 2 N–H and O–H groups in total. The Morgan fingerprint density at radius 1 is 1.28 bits per heavy atom. The molecule has 0 aliphatic rings. The second-order valence-corrected chi connectivity index (χ2v) is 5.88. The zero-order chi connectivity index (χ0) is 18.1. The maximum Gasteiger partial charge on any atom is 0.191 e. The van der Waals surface area contributed by atoms with Crippen LogP contribution in [0.5, 0.6) is 5.75 Å². The van der Waals surface area contributed by atoms with Gasteiger partial charge in [0.2, 0.25) is 0 Å². The zero-order valence-electron chi connectivity index (χ0n) is 15.5. The van der Waals surface area contributed by atoms with Crippen molar-refractivity contribution in [2.24, 2.45) is 12.0 Å². The van der Waals surface area contributed by atoms with Crippen LogP contribution < -0.4 is 15.4 Å². The minimum Gasteiger partial charge on any atom is -0.497 e. The van der Waals surface area contributed by atoms with Crippen LogP contribution in [0.25, 0.3) is 0 Å². The van der Waals surface area contributed by atoms with Gasteiger partial charge in [-0.25, -0.2) is 9.98 Å². The summed E-state index contributed by atoms with van der Waals surface area (Å²) in [6.07, 6.45) is 2.56. The Balaban J connectivity index is 1.84. The van der Waals surface area contributed by atoms with Crippen LogP contribution in [0.2, 0.25) is 0 Å². The molecule has 0 aliphatic heterocycles. The van der Waals surface area contributed by atoms with E-state index in [1.165, 1.54) is 5.56 Å². The van der Waals surface area contributed by atoms with Gasteiger partial charge in [0.05, 0.1) is 7.11 Å². The molecule has 136 valence electrons. The average Bonchev–Trinajstić information content (AvgIpc) is 3.04. The van der Waals surface area contributed by atoms with Crippen molar-refractivity contribution >= 4 is 5.96 Å². The minimum absolute atomic E-state index is 0.458. The molecule has 0 saturated carbocycles. The second-order valence-electron chi connectivity index (χ2n) is 5.88. The van der Waals surface area contributed by atoms with Crippen molar-refractivity contribution in [1.29, 1.82) is 0 Å². The van der Waals surface area contributed by atoms with E-state index >= 15 is 0 Å². The van der Waals surface area contributed by atoms with Crippen LogP contribution in [0, 0.1) is 0 Å². The third-order valence-corrected chi connectivity index (χ3v) is 4.08. The number of ether oxygens (including phenoxy) is 1. The van der Waals surface area contributed by atoms with Crippen LogP contribution in [0.15, 0.2) is 35.6 Å². The number of methoxy groups -OCH3 is 1. The fourth-order valence-corrected chi connectivity index (χ4v) is 2.46. The molecule has 7 nitrogen and oxygen atoms in total. The predicted octanol–water partition coefficient (Wildman–Crippen LogP) is 2.07. The summed E-state index contributed by atoms with van der Waals surface area (Å²) in [6.45, 7) is 6.45. The molecule has 25 heavy (non-hydrogen) atoms. The van der Waals surface area contributed by atoms with Crippen molar-refractivity contribution < 1.29 is 4.74 Å². The molecule has 1 heterocycles. The van der Waals surface area contributed by atoms with Crippen LogP contribution in [-0.4, -0.2) is 40.9 Å². The lowest BCUT2D eigenvalue weighted by molar-refractivity contribution is 0.414. The van der Waals surface area contributed by atoms with Gasteiger partial charge in [-0.3, -0.25) is 4.68 Å². The SMILES string of the molecule is CCNC(=NCc1ncnn1C)NCCC(C)c1ccc(OC)cc1. The Morgan fingerprint density at radius 3 is 2.64 bits per heavy atom. The van der Waals surface area contributed by atoms with Gasteiger partial charge in [-0.05, 0) is 37.0 Å². The summed E-state index contributed by atoms with van der Waals surface area (Å²) in [5.41, 5.74) is 1.31. The van der Waals surface area contributed by atoms with E-state index in [1.54, 1.807) is 18.1 Å². The van der Waals surface area contributed by atoms with E-state index in [1.807, 2.05) is 19.2 Å². The van der Waals surface area contributed by atoms with Crippen molar-refractivity contribution in [2.45, 2.75) is 32.7 Å². The molecule has 0 aliphatic carbocycles. The first kappa shape index (κ1) is 18.8. The first-order chi connectivity index (χ1) is 12.1. The maximum atomic E-state index is 5.21. The standard InChI is InChI=1S/C18H28N6O/c1-5-19-18(21-12-17-22-13-23-24(17)3)20-11-10-14(2)15-6-8-16(25-4)9-7-15/h6-9,13-14H,5,10-12H2,1-4H3,(H2,19,20,21). The molecule has 1 aromatic heterocycles. The van der Waals surface area contributed by atoms with E-state index in [-0.39, 0.29) is 0 Å². The van der Waals surface area contributed by atoms with Gasteiger partial charge in [0.15, 0.2) is 5.96 Å². The van der Waals surface area contributed by atoms with Gasteiger partial charge in [-0.2, -0.15) is 5.10 Å². The highest BCUT2D eigenvalue weighted by molar-refractivity contribution is 5.79. The zero-order valence-corrected chi connectivity index (χ0v) is 15.5. The third kappa shape index (κ3) is 5.77. The molecule has 7 heteroatoms. The summed E-state index contributed by atoms with van der Waals surface area (Å²) in [5.74, 6) is 2.98. The van der Waals surface area contributed by atoms with E-state index in [0.29, 0.717) is 12.5 Å². The summed E-state index contributed by atoms with van der Waals surface area (Å²) < 4.78 is 6.94. The molecule has 0 spiro atoms. The molecule has 2 aromatic rings. The molecule has 1 atom stereocenters. The smallest absolute Gasteiger partial charge is 0.191 e. The van der Waals surface area contributed by atoms with Gasteiger partial charge >= 0.3 is 0 Å². The van der Waals surface area contributed by atoms with Gasteiger partial charge in [-0.15, -0.1) is 0 Å². The number of nitrogens with zero attached hydrogens (tertiary/aromatic N) is 4. The molecule has 0 fully saturated rings. The van der Waals surface area contributed by atoms with Crippen molar-refractivity contribution in [3.05, 3.63) is 42.0 Å². The maximum absolute atomic E-state index is 5.21. The van der Waals surface area contributed by atoms with E-state index in [2.05, 4.69) is 51.7 Å². The number of rotatable bonds is 8. The molecular weight excluding hydrogens is 316 g/mol. The summed E-state index contributed by atoms with van der Waals surface area (Å²) in [7, 11) is 3.56. The molecule has 1 aromatic carbocycles. The third-order valence-electron chi connectivity index (χ3n) is 4.08. The lowest BCUT2D eigenvalue weighted by Crippen LogP contribution is -2.38. The summed E-state index contributed by atoms with van der Waals surface area (Å²) in [4.78, 5) is 8.75. The largest absolute Gasteiger partial charge is 0.497 e. The first-order valence-corrected chi connectivity index (χ1v) is 8.63. The Kier molecular flexibility index (Phi) is 7.25. The van der Waals surface area contributed by atoms with Crippen LogP contribution in [0.4, 0.5) is 0 Å². The average molecular weight is 344 g/mol. The normalized spacial score (nSPS) is 12.7. The second kappa shape index (κ2) is 9.66. The van der Waals surface area contributed by atoms with E-state index in [4.69, 9.17) is 4.74 Å². The van der Waals surface area contributed by atoms with Crippen LogP contribution in [0.1, 0.15) is 37.6 Å². The first-order valence-electron chi connectivity index (χ1n) is 8.63. The quantitative estimate of drug-likeness (QED) is 0.566. The highest BCUT2D eigenvalue weighted by Crippen LogP contribution is 2.21. The minimum atomic E-state index is 0.458. The summed E-state index contributed by atoms with van der Waals surface area (Å²) >= 11 is 0. The fraction of sp³-hybridized carbons (Fsp3) is 0.500. The predicted molar refractivity (Wildman–Crippen MR) is 99.8 cm³/mol. The Morgan fingerprint density at radius 2 is 2.04 bits per heavy atom. The van der Waals surface area contributed by atoms with Gasteiger partial charge in [0.25, 0.3) is 0 Å². The van der Waals surface area contributed by atoms with Crippen LogP contribution >= 0.6 is 0 Å². The molecular formula is C18H28N6O. The van der Waals surface area contributed by atoms with Gasteiger partial charge < -0.3 is 15.4 Å². The Bertz CT molecular complexity index is 664. The van der Waals surface area contributed by atoms with Gasteiger partial charge in [-0.1, -0.05) is 19.1 Å². The molecule has 0 saturated heterocycles. The molecule has 0 bridgehead atoms. The number of guanidine groups is 1. The number of hydrogen-bond donors (Lipinski definition) is 2.